The van der Waals surface area contributed by atoms with Crippen LogP contribution in [0.3, 0.4) is 0 Å². The van der Waals surface area contributed by atoms with Gasteiger partial charge in [-0.25, -0.2) is 4.98 Å². The Hall–Kier alpha value is -1.88. The van der Waals surface area contributed by atoms with E-state index in [0.717, 1.165) is 11.0 Å². The largest absolute Gasteiger partial charge is 0.391 e. The predicted molar refractivity (Wildman–Crippen MR) is 71.8 cm³/mol. The van der Waals surface area contributed by atoms with Gasteiger partial charge in [0.15, 0.2) is 0 Å². The molecule has 1 unspecified atom stereocenters. The molecule has 0 saturated carbocycles. The van der Waals surface area contributed by atoms with Gasteiger partial charge in [-0.2, -0.15) is 0 Å². The van der Waals surface area contributed by atoms with Gasteiger partial charge in [-0.3, -0.25) is 4.79 Å². The number of nitrogens with zero attached hydrogens (tertiary/aromatic N) is 2. The zero-order valence-electron chi connectivity index (χ0n) is 11.1. The van der Waals surface area contributed by atoms with Gasteiger partial charge in [0.2, 0.25) is 0 Å². The first-order valence-electron chi connectivity index (χ1n) is 6.40. The summed E-state index contributed by atoms with van der Waals surface area (Å²) in [6, 6.07) is 5.43. The van der Waals surface area contributed by atoms with E-state index in [1.54, 1.807) is 17.3 Å². The number of aromatic amines is 1. The summed E-state index contributed by atoms with van der Waals surface area (Å²) in [5.41, 5.74) is 2.01. The molecule has 2 heterocycles. The Bertz CT molecular complexity index is 632. The van der Waals surface area contributed by atoms with Crippen LogP contribution in [0.1, 0.15) is 30.6 Å². The Kier molecular flexibility index (Phi) is 2.60. The van der Waals surface area contributed by atoms with Gasteiger partial charge in [0, 0.05) is 17.6 Å². The number of β-amino-alcohol motifs (C(OH)–C–C–N with tert-alkyl or cyclic N) is 1. The molecule has 1 amide bonds. The van der Waals surface area contributed by atoms with Crippen LogP contribution >= 0.6 is 0 Å². The van der Waals surface area contributed by atoms with Gasteiger partial charge in [-0.1, -0.05) is 0 Å². The maximum absolute atomic E-state index is 12.6. The molecule has 0 spiro atoms. The van der Waals surface area contributed by atoms with Crippen LogP contribution in [0.2, 0.25) is 0 Å². The van der Waals surface area contributed by atoms with Gasteiger partial charge in [0.25, 0.3) is 5.91 Å². The van der Waals surface area contributed by atoms with Gasteiger partial charge in [-0.15, -0.1) is 0 Å². The van der Waals surface area contributed by atoms with E-state index in [9.17, 15) is 9.90 Å². The van der Waals surface area contributed by atoms with Crippen molar-refractivity contribution in [2.75, 3.05) is 6.54 Å². The van der Waals surface area contributed by atoms with Crippen LogP contribution in [0.4, 0.5) is 0 Å². The fourth-order valence-corrected chi connectivity index (χ4v) is 2.79. The van der Waals surface area contributed by atoms with E-state index in [4.69, 9.17) is 0 Å². The van der Waals surface area contributed by atoms with Crippen molar-refractivity contribution in [3.05, 3.63) is 30.1 Å². The second-order valence-electron chi connectivity index (χ2n) is 5.72. The molecule has 1 aromatic heterocycles. The highest BCUT2D eigenvalue weighted by molar-refractivity contribution is 5.97. The highest BCUT2D eigenvalue weighted by Crippen LogP contribution is 2.30. The second kappa shape index (κ2) is 4.06. The molecule has 0 radical (unpaired) electrons. The van der Waals surface area contributed by atoms with Gasteiger partial charge in [0.05, 0.1) is 23.5 Å². The minimum atomic E-state index is -0.435. The molecule has 3 rings (SSSR count). The predicted octanol–water partition coefficient (Wildman–Crippen LogP) is 1.55. The zero-order valence-corrected chi connectivity index (χ0v) is 11.1. The molecule has 5 nitrogen and oxygen atoms in total. The van der Waals surface area contributed by atoms with Crippen LogP contribution < -0.4 is 0 Å². The lowest BCUT2D eigenvalue weighted by molar-refractivity contribution is 0.0641. The fourth-order valence-electron chi connectivity index (χ4n) is 2.79. The van der Waals surface area contributed by atoms with Gasteiger partial charge >= 0.3 is 0 Å². The number of fused-ring (bicyclic) bond motifs is 1. The molecule has 1 atom stereocenters. The minimum Gasteiger partial charge on any atom is -0.391 e. The Morgan fingerprint density at radius 3 is 3.00 bits per heavy atom. The molecule has 0 aliphatic carbocycles. The van der Waals surface area contributed by atoms with Crippen molar-refractivity contribution in [3.8, 4) is 0 Å². The Balaban J connectivity index is 1.95. The van der Waals surface area contributed by atoms with E-state index in [-0.39, 0.29) is 11.4 Å². The van der Waals surface area contributed by atoms with E-state index >= 15 is 0 Å². The quantitative estimate of drug-likeness (QED) is 0.816. The number of rotatable bonds is 1. The van der Waals surface area contributed by atoms with Crippen LogP contribution in [0.5, 0.6) is 0 Å². The lowest BCUT2D eigenvalue weighted by atomic mass is 10.0. The number of amides is 1. The maximum atomic E-state index is 12.6. The smallest absolute Gasteiger partial charge is 0.254 e. The van der Waals surface area contributed by atoms with Crippen LogP contribution in [0.15, 0.2) is 24.5 Å². The first kappa shape index (κ1) is 12.2. The number of imidazole rings is 1. The Morgan fingerprint density at radius 2 is 2.32 bits per heavy atom. The van der Waals surface area contributed by atoms with Crippen molar-refractivity contribution in [3.63, 3.8) is 0 Å². The SMILES string of the molecule is CC1(C)CC(O)CN1C(=O)c1ccc2nc[nH]c2c1. The molecule has 1 aromatic carbocycles. The number of aromatic nitrogens is 2. The molecular formula is C14H17N3O2. The molecule has 2 N–H and O–H groups in total. The Morgan fingerprint density at radius 1 is 1.53 bits per heavy atom. The van der Waals surface area contributed by atoms with Crippen LogP contribution in [-0.4, -0.2) is 44.1 Å². The number of carbonyl (C=O) groups excluding carboxylic acids is 1. The molecule has 1 aliphatic heterocycles. The Labute approximate surface area is 111 Å². The summed E-state index contributed by atoms with van der Waals surface area (Å²) in [4.78, 5) is 21.4. The molecule has 1 fully saturated rings. The third-order valence-corrected chi connectivity index (χ3v) is 3.77. The highest BCUT2D eigenvalue weighted by Gasteiger charge is 2.40. The number of H-pyrrole nitrogens is 1. The number of aliphatic hydroxyl groups excluding tert-OH is 1. The molecule has 19 heavy (non-hydrogen) atoms. The lowest BCUT2D eigenvalue weighted by Crippen LogP contribution is -2.42. The molecule has 2 aromatic rings. The second-order valence-corrected chi connectivity index (χ2v) is 5.72. The van der Waals surface area contributed by atoms with Gasteiger partial charge in [0.1, 0.15) is 0 Å². The first-order valence-corrected chi connectivity index (χ1v) is 6.40. The number of hydrogen-bond donors (Lipinski definition) is 2. The third-order valence-electron chi connectivity index (χ3n) is 3.77. The van der Waals surface area contributed by atoms with E-state index in [2.05, 4.69) is 9.97 Å². The summed E-state index contributed by atoms with van der Waals surface area (Å²) in [6.45, 7) is 4.36. The monoisotopic (exact) mass is 259 g/mol. The molecule has 1 saturated heterocycles. The van der Waals surface area contributed by atoms with Crippen molar-refractivity contribution >= 4 is 16.9 Å². The zero-order chi connectivity index (χ0) is 13.6. The van der Waals surface area contributed by atoms with Crippen LogP contribution in [0.25, 0.3) is 11.0 Å². The summed E-state index contributed by atoms with van der Waals surface area (Å²) >= 11 is 0. The van der Waals surface area contributed by atoms with Crippen LogP contribution in [-0.2, 0) is 0 Å². The van der Waals surface area contributed by atoms with Crippen molar-refractivity contribution in [1.29, 1.82) is 0 Å². The van der Waals surface area contributed by atoms with E-state index in [0.29, 0.717) is 18.5 Å². The normalized spacial score (nSPS) is 22.1. The summed E-state index contributed by atoms with van der Waals surface area (Å²) < 4.78 is 0. The highest BCUT2D eigenvalue weighted by atomic mass is 16.3. The summed E-state index contributed by atoms with van der Waals surface area (Å²) in [7, 11) is 0. The number of aliphatic hydroxyl groups is 1. The number of nitrogens with one attached hydrogen (secondary N) is 1. The topological polar surface area (TPSA) is 69.2 Å². The van der Waals surface area contributed by atoms with E-state index in [1.165, 1.54) is 0 Å². The molecule has 5 heteroatoms. The van der Waals surface area contributed by atoms with Gasteiger partial charge < -0.3 is 15.0 Å². The van der Waals surface area contributed by atoms with Crippen molar-refractivity contribution in [1.82, 2.24) is 14.9 Å². The fraction of sp³-hybridized carbons (Fsp3) is 0.429. The number of likely N-dealkylation sites (tertiary alicyclic amines) is 1. The van der Waals surface area contributed by atoms with E-state index < -0.39 is 6.10 Å². The van der Waals surface area contributed by atoms with Crippen LogP contribution in [0, 0.1) is 0 Å². The number of hydrogen-bond acceptors (Lipinski definition) is 3. The van der Waals surface area contributed by atoms with E-state index in [1.807, 2.05) is 26.0 Å². The van der Waals surface area contributed by atoms with Crippen molar-refractivity contribution < 1.29 is 9.90 Å². The number of benzene rings is 1. The van der Waals surface area contributed by atoms with Crippen molar-refractivity contribution in [2.24, 2.45) is 0 Å². The van der Waals surface area contributed by atoms with Gasteiger partial charge in [-0.05, 0) is 38.5 Å². The molecule has 100 valence electrons. The molecule has 1 aliphatic rings. The average molecular weight is 259 g/mol. The van der Waals surface area contributed by atoms with Crippen molar-refractivity contribution in [2.45, 2.75) is 31.9 Å². The first-order chi connectivity index (χ1) is 8.97. The maximum Gasteiger partial charge on any atom is 0.254 e. The summed E-state index contributed by atoms with van der Waals surface area (Å²) in [5, 5.41) is 9.76. The standard InChI is InChI=1S/C14H17N3O2/c1-14(2)6-10(18)7-17(14)13(19)9-3-4-11-12(5-9)16-8-15-11/h3-5,8,10,18H,6-7H2,1-2H3,(H,15,16). The molecule has 0 bridgehead atoms. The third kappa shape index (κ3) is 2.00. The average Bonchev–Trinajstić information content (AvgIpc) is 2.90. The number of carbonyl (C=O) groups is 1. The minimum absolute atomic E-state index is 0.0435. The lowest BCUT2D eigenvalue weighted by Gasteiger charge is -2.31. The summed E-state index contributed by atoms with van der Waals surface area (Å²) in [5.74, 6) is -0.0435. The summed E-state index contributed by atoms with van der Waals surface area (Å²) in [6.07, 6.45) is 1.79. The molecular weight excluding hydrogens is 242 g/mol.